The van der Waals surface area contributed by atoms with Crippen LogP contribution in [0.5, 0.6) is 0 Å². The maximum atomic E-state index is 13.9. The molecule has 0 radical (unpaired) electrons. The molecule has 0 aliphatic carbocycles. The first-order chi connectivity index (χ1) is 14.8. The zero-order valence-electron chi connectivity index (χ0n) is 18.1. The Labute approximate surface area is 179 Å². The van der Waals surface area contributed by atoms with Crippen molar-refractivity contribution in [2.75, 3.05) is 77.6 Å². The van der Waals surface area contributed by atoms with Gasteiger partial charge in [-0.15, -0.1) is 0 Å². The van der Waals surface area contributed by atoms with E-state index in [1.165, 1.54) is 6.07 Å². The van der Waals surface area contributed by atoms with Gasteiger partial charge < -0.3 is 25.0 Å². The molecule has 7 nitrogen and oxygen atoms in total. The van der Waals surface area contributed by atoms with Crippen LogP contribution in [-0.4, -0.2) is 89.6 Å². The smallest absolute Gasteiger partial charge is 0.190 e. The Bertz CT molecular complexity index is 646. The highest BCUT2D eigenvalue weighted by Gasteiger charge is 2.19. The SMILES string of the molecule is CN=C(NCCCOC1CCOC1)NCCCN1CCN(c2ccccc2F)CC1. The van der Waals surface area contributed by atoms with Crippen molar-refractivity contribution in [1.29, 1.82) is 0 Å². The molecule has 3 rings (SSSR count). The summed E-state index contributed by atoms with van der Waals surface area (Å²) in [6.45, 7) is 8.72. The highest BCUT2D eigenvalue weighted by atomic mass is 19.1. The van der Waals surface area contributed by atoms with Gasteiger partial charge in [-0.3, -0.25) is 9.89 Å². The first kappa shape index (κ1) is 22.8. The largest absolute Gasteiger partial charge is 0.379 e. The second kappa shape index (κ2) is 12.7. The van der Waals surface area contributed by atoms with Crippen molar-refractivity contribution >= 4 is 11.6 Å². The third-order valence-electron chi connectivity index (χ3n) is 5.59. The van der Waals surface area contributed by atoms with E-state index in [9.17, 15) is 4.39 Å². The Hall–Kier alpha value is -1.90. The minimum absolute atomic E-state index is 0.131. The lowest BCUT2D eigenvalue weighted by Gasteiger charge is -2.36. The van der Waals surface area contributed by atoms with E-state index in [1.807, 2.05) is 12.1 Å². The molecule has 1 atom stereocenters. The van der Waals surface area contributed by atoms with Crippen molar-refractivity contribution in [2.24, 2.45) is 4.99 Å². The van der Waals surface area contributed by atoms with E-state index in [0.29, 0.717) is 0 Å². The fourth-order valence-electron chi connectivity index (χ4n) is 3.82. The van der Waals surface area contributed by atoms with Crippen LogP contribution in [-0.2, 0) is 9.47 Å². The third kappa shape index (κ3) is 7.41. The van der Waals surface area contributed by atoms with Crippen LogP contribution in [0.1, 0.15) is 19.3 Å². The van der Waals surface area contributed by atoms with E-state index < -0.39 is 0 Å². The number of ether oxygens (including phenoxy) is 2. The topological polar surface area (TPSA) is 61.4 Å². The highest BCUT2D eigenvalue weighted by molar-refractivity contribution is 5.79. The van der Waals surface area contributed by atoms with Crippen molar-refractivity contribution in [1.82, 2.24) is 15.5 Å². The standard InChI is InChI=1S/C22H36FN5O2/c1-24-22(26-10-5-16-30-19-8-17-29-18-19)25-9-4-11-27-12-14-28(15-13-27)21-7-3-2-6-20(21)23/h2-3,6-7,19H,4-5,8-18H2,1H3,(H2,24,25,26). The van der Waals surface area contributed by atoms with Gasteiger partial charge >= 0.3 is 0 Å². The van der Waals surface area contributed by atoms with Gasteiger partial charge in [-0.05, 0) is 37.9 Å². The molecular formula is C22H36FN5O2. The molecule has 2 saturated heterocycles. The number of nitrogens with zero attached hydrogens (tertiary/aromatic N) is 3. The average Bonchev–Trinajstić information content (AvgIpc) is 3.29. The van der Waals surface area contributed by atoms with Crippen LogP contribution in [0.4, 0.5) is 10.1 Å². The van der Waals surface area contributed by atoms with Crippen LogP contribution in [0.15, 0.2) is 29.3 Å². The summed E-state index contributed by atoms with van der Waals surface area (Å²) in [4.78, 5) is 8.86. The summed E-state index contributed by atoms with van der Waals surface area (Å²) in [6.07, 6.45) is 3.28. The first-order valence-corrected chi connectivity index (χ1v) is 11.1. The van der Waals surface area contributed by atoms with Gasteiger partial charge in [-0.2, -0.15) is 0 Å². The average molecular weight is 422 g/mol. The minimum atomic E-state index is -0.131. The number of hydrogen-bond donors (Lipinski definition) is 2. The summed E-state index contributed by atoms with van der Waals surface area (Å²) in [5.74, 6) is 0.705. The first-order valence-electron chi connectivity index (χ1n) is 11.1. The number of guanidine groups is 1. The Morgan fingerprint density at radius 2 is 1.93 bits per heavy atom. The zero-order chi connectivity index (χ0) is 21.0. The molecule has 2 aliphatic heterocycles. The molecule has 8 heteroatoms. The minimum Gasteiger partial charge on any atom is -0.379 e. The molecule has 0 aromatic heterocycles. The summed E-state index contributed by atoms with van der Waals surface area (Å²) in [5, 5.41) is 6.71. The van der Waals surface area contributed by atoms with Gasteiger partial charge in [0.05, 0.1) is 18.4 Å². The fraction of sp³-hybridized carbons (Fsp3) is 0.682. The van der Waals surface area contributed by atoms with Gasteiger partial charge in [0.25, 0.3) is 0 Å². The number of aliphatic imine (C=N–C) groups is 1. The lowest BCUT2D eigenvalue weighted by Crippen LogP contribution is -2.47. The number of halogens is 1. The number of benzene rings is 1. The number of piperazine rings is 1. The molecule has 30 heavy (non-hydrogen) atoms. The van der Waals surface area contributed by atoms with Crippen molar-refractivity contribution in [2.45, 2.75) is 25.4 Å². The van der Waals surface area contributed by atoms with Crippen molar-refractivity contribution < 1.29 is 13.9 Å². The Morgan fingerprint density at radius 1 is 1.17 bits per heavy atom. The van der Waals surface area contributed by atoms with E-state index in [0.717, 1.165) is 96.5 Å². The fourth-order valence-corrected chi connectivity index (χ4v) is 3.82. The number of rotatable bonds is 10. The van der Waals surface area contributed by atoms with Crippen LogP contribution < -0.4 is 15.5 Å². The van der Waals surface area contributed by atoms with Gasteiger partial charge in [-0.1, -0.05) is 12.1 Å². The van der Waals surface area contributed by atoms with Gasteiger partial charge in [-0.25, -0.2) is 4.39 Å². The van der Waals surface area contributed by atoms with Crippen LogP contribution in [0, 0.1) is 5.82 Å². The molecule has 0 spiro atoms. The molecule has 0 amide bonds. The zero-order valence-corrected chi connectivity index (χ0v) is 18.1. The Balaban J connectivity index is 1.21. The van der Waals surface area contributed by atoms with E-state index in [2.05, 4.69) is 25.4 Å². The van der Waals surface area contributed by atoms with Gasteiger partial charge in [0, 0.05) is 59.5 Å². The second-order valence-corrected chi connectivity index (χ2v) is 7.77. The summed E-state index contributed by atoms with van der Waals surface area (Å²) in [7, 11) is 1.80. The molecule has 2 aliphatic rings. The summed E-state index contributed by atoms with van der Waals surface area (Å²) in [5.41, 5.74) is 0.718. The number of nitrogens with one attached hydrogen (secondary N) is 2. The molecule has 1 aromatic rings. The summed E-state index contributed by atoms with van der Waals surface area (Å²) < 4.78 is 25.0. The lowest BCUT2D eigenvalue weighted by atomic mass is 10.2. The van der Waals surface area contributed by atoms with Crippen molar-refractivity contribution in [3.05, 3.63) is 30.1 Å². The van der Waals surface area contributed by atoms with Gasteiger partial charge in [0.2, 0.25) is 0 Å². The van der Waals surface area contributed by atoms with Gasteiger partial charge in [0.15, 0.2) is 5.96 Å². The predicted molar refractivity (Wildman–Crippen MR) is 119 cm³/mol. The summed E-state index contributed by atoms with van der Waals surface area (Å²) in [6, 6.07) is 7.04. The van der Waals surface area contributed by atoms with E-state index in [-0.39, 0.29) is 11.9 Å². The quantitative estimate of drug-likeness (QED) is 0.341. The lowest BCUT2D eigenvalue weighted by molar-refractivity contribution is 0.0420. The monoisotopic (exact) mass is 421 g/mol. The normalized spacial score (nSPS) is 20.5. The van der Waals surface area contributed by atoms with Gasteiger partial charge in [0.1, 0.15) is 5.82 Å². The maximum absolute atomic E-state index is 13.9. The third-order valence-corrected chi connectivity index (χ3v) is 5.59. The molecule has 2 N–H and O–H groups in total. The van der Waals surface area contributed by atoms with Crippen LogP contribution >= 0.6 is 0 Å². The van der Waals surface area contributed by atoms with Crippen molar-refractivity contribution in [3.8, 4) is 0 Å². The van der Waals surface area contributed by atoms with E-state index >= 15 is 0 Å². The van der Waals surface area contributed by atoms with Crippen LogP contribution in [0.3, 0.4) is 0 Å². The van der Waals surface area contributed by atoms with Crippen LogP contribution in [0.25, 0.3) is 0 Å². The molecule has 0 saturated carbocycles. The molecule has 2 fully saturated rings. The van der Waals surface area contributed by atoms with E-state index in [1.54, 1.807) is 13.1 Å². The summed E-state index contributed by atoms with van der Waals surface area (Å²) >= 11 is 0. The van der Waals surface area contributed by atoms with Crippen molar-refractivity contribution in [3.63, 3.8) is 0 Å². The molecule has 168 valence electrons. The number of para-hydroxylation sites is 1. The molecule has 2 heterocycles. The molecule has 1 aromatic carbocycles. The molecule has 1 unspecified atom stereocenters. The van der Waals surface area contributed by atoms with Crippen LogP contribution in [0.2, 0.25) is 0 Å². The maximum Gasteiger partial charge on any atom is 0.190 e. The van der Waals surface area contributed by atoms with E-state index in [4.69, 9.17) is 9.47 Å². The number of hydrogen-bond acceptors (Lipinski definition) is 5. The highest BCUT2D eigenvalue weighted by Crippen LogP contribution is 2.20. The Morgan fingerprint density at radius 3 is 2.63 bits per heavy atom. The number of anilines is 1. The molecule has 0 bridgehead atoms. The second-order valence-electron chi connectivity index (χ2n) is 7.77. The molecular weight excluding hydrogens is 385 g/mol. The Kier molecular flexibility index (Phi) is 9.66. The predicted octanol–water partition coefficient (Wildman–Crippen LogP) is 1.70.